The molecule has 2 heterocycles. The zero-order valence-corrected chi connectivity index (χ0v) is 19.8. The maximum Gasteiger partial charge on any atom is 0.271 e. The molecule has 8 nitrogen and oxygen atoms in total. The molecule has 6 N–H and O–H groups in total. The highest BCUT2D eigenvalue weighted by Crippen LogP contribution is 2.30. The zero-order valence-electron chi connectivity index (χ0n) is 19.8. The minimum Gasteiger partial charge on any atom is -0.393 e. The SMILES string of the molecule is CCC1=NC(C(N)=O)=C(Nc2cccc(C3CCN(C)CC3)c2)NC1NC1CCC(O)CC1. The van der Waals surface area contributed by atoms with Gasteiger partial charge in [-0.1, -0.05) is 19.1 Å². The second-order valence-electron chi connectivity index (χ2n) is 9.62. The van der Waals surface area contributed by atoms with Gasteiger partial charge in [0.1, 0.15) is 12.0 Å². The maximum absolute atomic E-state index is 12.2. The summed E-state index contributed by atoms with van der Waals surface area (Å²) < 4.78 is 0. The van der Waals surface area contributed by atoms with E-state index in [1.165, 1.54) is 5.56 Å². The van der Waals surface area contributed by atoms with Gasteiger partial charge in [0, 0.05) is 11.7 Å². The molecule has 1 aliphatic carbocycles. The Hall–Kier alpha value is -2.42. The fraction of sp³-hybridized carbons (Fsp3) is 0.600. The average molecular weight is 455 g/mol. The van der Waals surface area contributed by atoms with Crippen LogP contribution in [0, 0.1) is 0 Å². The molecule has 3 aliphatic rings. The molecule has 0 radical (unpaired) electrons. The molecular weight excluding hydrogens is 416 g/mol. The van der Waals surface area contributed by atoms with Crippen LogP contribution in [0.4, 0.5) is 5.69 Å². The number of carbonyl (C=O) groups is 1. The number of benzene rings is 1. The smallest absolute Gasteiger partial charge is 0.271 e. The largest absolute Gasteiger partial charge is 0.393 e. The zero-order chi connectivity index (χ0) is 23.4. The van der Waals surface area contributed by atoms with E-state index in [2.05, 4.69) is 51.1 Å². The van der Waals surface area contributed by atoms with Crippen LogP contribution in [0.25, 0.3) is 0 Å². The molecule has 0 aromatic heterocycles. The molecule has 4 rings (SSSR count). The Balaban J connectivity index is 1.51. The number of likely N-dealkylation sites (tertiary alicyclic amines) is 1. The number of nitrogens with two attached hydrogens (primary N) is 1. The number of aliphatic imine (C=N–C) groups is 1. The number of carbonyl (C=O) groups excluding carboxylic acids is 1. The number of rotatable bonds is 7. The molecule has 1 amide bonds. The summed E-state index contributed by atoms with van der Waals surface area (Å²) in [5, 5.41) is 20.3. The second-order valence-corrected chi connectivity index (χ2v) is 9.62. The van der Waals surface area contributed by atoms with Gasteiger partial charge in [0.2, 0.25) is 0 Å². The van der Waals surface area contributed by atoms with Crippen LogP contribution < -0.4 is 21.7 Å². The van der Waals surface area contributed by atoms with Crippen molar-refractivity contribution < 1.29 is 9.90 Å². The molecular formula is C25H38N6O2. The lowest BCUT2D eigenvalue weighted by Gasteiger charge is -2.34. The topological polar surface area (TPSA) is 115 Å². The lowest BCUT2D eigenvalue weighted by atomic mass is 9.89. The molecule has 1 aromatic rings. The summed E-state index contributed by atoms with van der Waals surface area (Å²) in [6.07, 6.45) is 6.08. The third kappa shape index (κ3) is 5.93. The van der Waals surface area contributed by atoms with Crippen LogP contribution in [-0.4, -0.2) is 60.1 Å². The highest BCUT2D eigenvalue weighted by Gasteiger charge is 2.29. The highest BCUT2D eigenvalue weighted by molar-refractivity contribution is 6.00. The third-order valence-electron chi connectivity index (χ3n) is 7.15. The summed E-state index contributed by atoms with van der Waals surface area (Å²) in [6.45, 7) is 4.25. The normalized spacial score (nSPS) is 27.1. The van der Waals surface area contributed by atoms with Crippen molar-refractivity contribution in [2.45, 2.75) is 76.1 Å². The first-order valence-electron chi connectivity index (χ1n) is 12.3. The Labute approximate surface area is 196 Å². The second kappa shape index (κ2) is 10.7. The van der Waals surface area contributed by atoms with Crippen LogP contribution in [0.2, 0.25) is 0 Å². The van der Waals surface area contributed by atoms with Crippen LogP contribution >= 0.6 is 0 Å². The van der Waals surface area contributed by atoms with Crippen molar-refractivity contribution in [1.29, 1.82) is 0 Å². The molecule has 1 aromatic carbocycles. The van der Waals surface area contributed by atoms with Gasteiger partial charge in [-0.2, -0.15) is 0 Å². The van der Waals surface area contributed by atoms with Gasteiger partial charge in [-0.3, -0.25) is 10.1 Å². The van der Waals surface area contributed by atoms with Crippen molar-refractivity contribution in [3.63, 3.8) is 0 Å². The van der Waals surface area contributed by atoms with Crippen LogP contribution in [0.5, 0.6) is 0 Å². The van der Waals surface area contributed by atoms with E-state index in [4.69, 9.17) is 5.73 Å². The third-order valence-corrected chi connectivity index (χ3v) is 7.15. The summed E-state index contributed by atoms with van der Waals surface area (Å²) in [7, 11) is 2.17. The van der Waals surface area contributed by atoms with Crippen LogP contribution in [0.1, 0.15) is 63.4 Å². The van der Waals surface area contributed by atoms with Crippen molar-refractivity contribution in [1.82, 2.24) is 15.5 Å². The van der Waals surface area contributed by atoms with E-state index in [1.807, 2.05) is 13.0 Å². The Morgan fingerprint density at radius 2 is 1.94 bits per heavy atom. The Morgan fingerprint density at radius 3 is 2.61 bits per heavy atom. The fourth-order valence-electron chi connectivity index (χ4n) is 5.09. The molecule has 0 spiro atoms. The number of primary amides is 1. The van der Waals surface area contributed by atoms with Crippen molar-refractivity contribution in [2.24, 2.45) is 10.7 Å². The predicted molar refractivity (Wildman–Crippen MR) is 132 cm³/mol. The van der Waals surface area contributed by atoms with Crippen molar-refractivity contribution >= 4 is 17.3 Å². The number of hydrogen-bond donors (Lipinski definition) is 5. The first-order valence-corrected chi connectivity index (χ1v) is 12.3. The van der Waals surface area contributed by atoms with Crippen LogP contribution in [0.15, 0.2) is 40.8 Å². The fourth-order valence-corrected chi connectivity index (χ4v) is 5.09. The Morgan fingerprint density at radius 1 is 1.21 bits per heavy atom. The molecule has 1 saturated carbocycles. The van der Waals surface area contributed by atoms with Gasteiger partial charge in [0.05, 0.1) is 11.8 Å². The number of piperidine rings is 1. The Kier molecular flexibility index (Phi) is 7.67. The summed E-state index contributed by atoms with van der Waals surface area (Å²) >= 11 is 0. The summed E-state index contributed by atoms with van der Waals surface area (Å²) in [5.41, 5.74) is 9.02. The minimum absolute atomic E-state index is 0.182. The number of aliphatic hydroxyl groups is 1. The van der Waals surface area contributed by atoms with Gasteiger partial charge < -0.3 is 26.4 Å². The highest BCUT2D eigenvalue weighted by atomic mass is 16.3. The lowest BCUT2D eigenvalue weighted by Crippen LogP contribution is -2.55. The summed E-state index contributed by atoms with van der Waals surface area (Å²) in [4.78, 5) is 19.2. The van der Waals surface area contributed by atoms with E-state index in [0.29, 0.717) is 24.2 Å². The molecule has 1 saturated heterocycles. The monoisotopic (exact) mass is 454 g/mol. The van der Waals surface area contributed by atoms with Crippen molar-refractivity contribution in [3.05, 3.63) is 41.3 Å². The quantitative estimate of drug-likeness (QED) is 0.432. The molecule has 1 unspecified atom stereocenters. The van der Waals surface area contributed by atoms with E-state index in [0.717, 1.165) is 63.0 Å². The lowest BCUT2D eigenvalue weighted by molar-refractivity contribution is -0.114. The number of nitrogens with one attached hydrogen (secondary N) is 3. The minimum atomic E-state index is -0.554. The van der Waals surface area contributed by atoms with Crippen LogP contribution in [-0.2, 0) is 4.79 Å². The Bertz CT molecular complexity index is 898. The summed E-state index contributed by atoms with van der Waals surface area (Å²) in [5.74, 6) is 0.530. The maximum atomic E-state index is 12.2. The number of amides is 1. The van der Waals surface area contributed by atoms with Gasteiger partial charge in [0.15, 0.2) is 5.70 Å². The van der Waals surface area contributed by atoms with Gasteiger partial charge in [0.25, 0.3) is 5.91 Å². The molecule has 33 heavy (non-hydrogen) atoms. The number of aliphatic hydroxyl groups excluding tert-OH is 1. The summed E-state index contributed by atoms with van der Waals surface area (Å²) in [6, 6.07) is 8.73. The molecule has 8 heteroatoms. The van der Waals surface area contributed by atoms with E-state index in [1.54, 1.807) is 0 Å². The average Bonchev–Trinajstić information content (AvgIpc) is 2.81. The van der Waals surface area contributed by atoms with Gasteiger partial charge in [-0.05, 0) is 88.7 Å². The van der Waals surface area contributed by atoms with E-state index in [-0.39, 0.29) is 18.0 Å². The van der Waals surface area contributed by atoms with Gasteiger partial charge >= 0.3 is 0 Å². The first kappa shape index (κ1) is 23.7. The number of nitrogens with zero attached hydrogens (tertiary/aromatic N) is 2. The molecule has 1 atom stereocenters. The number of hydrogen-bond acceptors (Lipinski definition) is 7. The van der Waals surface area contributed by atoms with Crippen molar-refractivity contribution in [2.75, 3.05) is 25.5 Å². The molecule has 0 bridgehead atoms. The van der Waals surface area contributed by atoms with E-state index >= 15 is 0 Å². The molecule has 180 valence electrons. The van der Waals surface area contributed by atoms with Crippen LogP contribution in [0.3, 0.4) is 0 Å². The predicted octanol–water partition coefficient (Wildman–Crippen LogP) is 2.24. The standard InChI is InChI=1S/C25H38N6O2/c1-3-21-24(27-18-7-9-20(32)10-8-18)30-25(22(29-21)23(26)33)28-19-6-4-5-17(15-19)16-11-13-31(2)14-12-16/h4-6,15-16,18,20,24,27-28,30,32H,3,7-14H2,1-2H3,(H2,26,33). The first-order chi connectivity index (χ1) is 15.9. The molecule has 2 aliphatic heterocycles. The molecule has 2 fully saturated rings. The van der Waals surface area contributed by atoms with Gasteiger partial charge in [-0.15, -0.1) is 0 Å². The van der Waals surface area contributed by atoms with Crippen molar-refractivity contribution in [3.8, 4) is 0 Å². The number of anilines is 1. The van der Waals surface area contributed by atoms with E-state index in [9.17, 15) is 9.90 Å². The van der Waals surface area contributed by atoms with E-state index < -0.39 is 5.91 Å². The van der Waals surface area contributed by atoms with Gasteiger partial charge in [-0.25, -0.2) is 4.99 Å².